The van der Waals surface area contributed by atoms with E-state index >= 15 is 0 Å². The van der Waals surface area contributed by atoms with Gasteiger partial charge in [0.25, 0.3) is 0 Å². The van der Waals surface area contributed by atoms with Crippen LogP contribution in [-0.2, 0) is 14.4 Å². The van der Waals surface area contributed by atoms with Gasteiger partial charge in [0.2, 0.25) is 5.91 Å². The topological polar surface area (TPSA) is 101 Å². The smallest absolute Gasteiger partial charge is 0.334 e. The first-order chi connectivity index (χ1) is 10.4. The summed E-state index contributed by atoms with van der Waals surface area (Å²) in [6, 6.07) is 7.84. The Balaban J connectivity index is 0.000000196. The Morgan fingerprint density at radius 2 is 1.95 bits per heavy atom. The van der Waals surface area contributed by atoms with Gasteiger partial charge < -0.3 is 15.7 Å². The molecule has 0 aromatic rings. The van der Waals surface area contributed by atoms with Gasteiger partial charge in [-0.15, -0.1) is 11.8 Å². The van der Waals surface area contributed by atoms with Crippen molar-refractivity contribution in [3.8, 4) is 11.1 Å². The number of nitrogens with two attached hydrogens (primary N) is 1. The normalized spacial score (nSPS) is 26.8. The highest BCUT2D eigenvalue weighted by Crippen LogP contribution is 2.40. The van der Waals surface area contributed by atoms with Crippen LogP contribution in [0.2, 0.25) is 0 Å². The molecule has 0 bridgehead atoms. The molecule has 1 amide bonds. The SMILES string of the molecule is CC(=O)C1S[C@@H]2C(N)C(=O)N2C=C1C(=O)O.c1cc2cc-2c1. The maximum atomic E-state index is 11.3. The molecule has 0 aromatic carbocycles. The number of rotatable bonds is 2. The first kappa shape index (κ1) is 14.8. The number of carboxylic acid groups (broad SMARTS) is 1. The van der Waals surface area contributed by atoms with E-state index < -0.39 is 17.3 Å². The molecule has 4 aliphatic rings. The fourth-order valence-electron chi connectivity index (χ4n) is 2.39. The van der Waals surface area contributed by atoms with E-state index in [2.05, 4.69) is 24.3 Å². The van der Waals surface area contributed by atoms with Crippen molar-refractivity contribution in [1.82, 2.24) is 4.90 Å². The molecular formula is C15H14N2O4S. The summed E-state index contributed by atoms with van der Waals surface area (Å²) in [5, 5.41) is 7.88. The molecular weight excluding hydrogens is 304 g/mol. The number of carbonyl (C=O) groups is 3. The molecule has 22 heavy (non-hydrogen) atoms. The molecule has 6 nitrogen and oxygen atoms in total. The number of hydrogen-bond acceptors (Lipinski definition) is 5. The lowest BCUT2D eigenvalue weighted by Gasteiger charge is -2.46. The minimum Gasteiger partial charge on any atom is -0.478 e. The number of carboxylic acids is 1. The number of amides is 1. The zero-order valence-corrected chi connectivity index (χ0v) is 12.5. The van der Waals surface area contributed by atoms with E-state index in [0.717, 1.165) is 11.8 Å². The summed E-state index contributed by atoms with van der Waals surface area (Å²) in [4.78, 5) is 34.8. The Hall–Kier alpha value is -2.12. The van der Waals surface area contributed by atoms with Gasteiger partial charge in [0.05, 0.1) is 10.8 Å². The lowest BCUT2D eigenvalue weighted by molar-refractivity contribution is -0.140. The molecule has 2 unspecified atom stereocenters. The lowest BCUT2D eigenvalue weighted by Crippen LogP contribution is -2.67. The van der Waals surface area contributed by atoms with Gasteiger partial charge in [0.1, 0.15) is 17.2 Å². The van der Waals surface area contributed by atoms with Crippen molar-refractivity contribution in [2.45, 2.75) is 23.6 Å². The second-order valence-electron chi connectivity index (χ2n) is 5.26. The molecule has 1 fully saturated rings. The number of fused-ring (bicyclic) bond motifs is 2. The van der Waals surface area contributed by atoms with Crippen LogP contribution in [0.3, 0.4) is 0 Å². The number of carbonyl (C=O) groups excluding carboxylic acids is 2. The van der Waals surface area contributed by atoms with Crippen molar-refractivity contribution >= 4 is 29.4 Å². The van der Waals surface area contributed by atoms with Crippen molar-refractivity contribution in [1.29, 1.82) is 0 Å². The molecule has 2 aliphatic carbocycles. The van der Waals surface area contributed by atoms with Crippen molar-refractivity contribution in [3.05, 3.63) is 36.0 Å². The first-order valence-corrected chi connectivity index (χ1v) is 7.63. The van der Waals surface area contributed by atoms with Crippen LogP contribution in [0.4, 0.5) is 0 Å². The molecule has 0 aromatic heterocycles. The molecule has 2 aliphatic heterocycles. The third kappa shape index (κ3) is 2.42. The number of hydrogen-bond donors (Lipinski definition) is 2. The van der Waals surface area contributed by atoms with Gasteiger partial charge in [-0.3, -0.25) is 9.59 Å². The Kier molecular flexibility index (Phi) is 3.54. The highest BCUT2D eigenvalue weighted by molar-refractivity contribution is 8.01. The van der Waals surface area contributed by atoms with Gasteiger partial charge in [-0.25, -0.2) is 4.79 Å². The maximum Gasteiger partial charge on any atom is 0.334 e. The molecule has 0 saturated carbocycles. The van der Waals surface area contributed by atoms with Gasteiger partial charge in [0.15, 0.2) is 0 Å². The average molecular weight is 318 g/mol. The lowest BCUT2D eigenvalue weighted by atomic mass is 10.1. The highest BCUT2D eigenvalue weighted by atomic mass is 32.2. The van der Waals surface area contributed by atoms with Gasteiger partial charge in [-0.1, -0.05) is 18.2 Å². The first-order valence-electron chi connectivity index (χ1n) is 6.69. The summed E-state index contributed by atoms with van der Waals surface area (Å²) in [6.07, 6.45) is 1.22. The van der Waals surface area contributed by atoms with Crippen LogP contribution in [0.1, 0.15) is 6.92 Å². The van der Waals surface area contributed by atoms with E-state index in [0.29, 0.717) is 0 Å². The van der Waals surface area contributed by atoms with Crippen molar-refractivity contribution in [2.75, 3.05) is 0 Å². The second-order valence-corrected chi connectivity index (χ2v) is 6.49. The Morgan fingerprint density at radius 3 is 2.36 bits per heavy atom. The predicted octanol–water partition coefficient (Wildman–Crippen LogP) is 0.822. The number of nitrogens with zero attached hydrogens (tertiary/aromatic N) is 1. The molecule has 3 atom stereocenters. The zero-order valence-electron chi connectivity index (χ0n) is 11.7. The van der Waals surface area contributed by atoms with Gasteiger partial charge in [-0.2, -0.15) is 0 Å². The molecule has 0 spiro atoms. The van der Waals surface area contributed by atoms with E-state index in [1.54, 1.807) is 0 Å². The van der Waals surface area contributed by atoms with Crippen molar-refractivity contribution in [2.24, 2.45) is 5.73 Å². The monoisotopic (exact) mass is 318 g/mol. The van der Waals surface area contributed by atoms with Crippen molar-refractivity contribution in [3.63, 3.8) is 0 Å². The number of β-lactam (4-membered cyclic amide) rings is 1. The number of benzene rings is 1. The average Bonchev–Trinajstić information content (AvgIpc) is 3.11. The van der Waals surface area contributed by atoms with Gasteiger partial charge >= 0.3 is 5.97 Å². The van der Waals surface area contributed by atoms with Crippen LogP contribution >= 0.6 is 11.8 Å². The van der Waals surface area contributed by atoms with Crippen LogP contribution in [0.25, 0.3) is 11.1 Å². The second kappa shape index (κ2) is 5.26. The molecule has 7 heteroatoms. The molecule has 1 saturated heterocycles. The van der Waals surface area contributed by atoms with Gasteiger partial charge in [-0.05, 0) is 24.1 Å². The maximum absolute atomic E-state index is 11.3. The Morgan fingerprint density at radius 1 is 1.32 bits per heavy atom. The largest absolute Gasteiger partial charge is 0.478 e. The van der Waals surface area contributed by atoms with Crippen LogP contribution in [0.15, 0.2) is 36.0 Å². The van der Waals surface area contributed by atoms with Crippen LogP contribution < -0.4 is 5.73 Å². The summed E-state index contributed by atoms with van der Waals surface area (Å²) in [6.45, 7) is 1.33. The highest BCUT2D eigenvalue weighted by Gasteiger charge is 2.50. The number of thioether (sulfide) groups is 1. The molecule has 114 valence electrons. The number of aliphatic carboxylic acids is 1. The minimum absolute atomic E-state index is 0.0611. The summed E-state index contributed by atoms with van der Waals surface area (Å²) in [5.41, 5.74) is 8.35. The summed E-state index contributed by atoms with van der Waals surface area (Å²) in [5.74, 6) is -1.73. The fraction of sp³-hybridized carbons (Fsp3) is 0.267. The van der Waals surface area contributed by atoms with Gasteiger partial charge in [0, 0.05) is 6.20 Å². The molecule has 2 heterocycles. The Bertz CT molecular complexity index is 698. The third-order valence-corrected chi connectivity index (χ3v) is 5.34. The van der Waals surface area contributed by atoms with Crippen LogP contribution in [0.5, 0.6) is 0 Å². The summed E-state index contributed by atoms with van der Waals surface area (Å²) < 4.78 is 0. The van der Waals surface area contributed by atoms with Crippen LogP contribution in [0, 0.1) is 0 Å². The standard InChI is InChI=1S/C9H10N2O4S.C6H4/c1-3(12)6-4(9(14)15)2-11-7(13)5(10)8(11)16-6;1-2-5-4-6(5)3-1/h2,5-6,8H,10H2,1H3,(H,14,15);1-4H/t5?,6?,8-;/m1./s1. The van der Waals surface area contributed by atoms with E-state index in [4.69, 9.17) is 10.8 Å². The molecule has 0 radical (unpaired) electrons. The Labute approximate surface area is 131 Å². The van der Waals surface area contributed by atoms with E-state index in [-0.39, 0.29) is 22.6 Å². The van der Waals surface area contributed by atoms with Crippen molar-refractivity contribution < 1.29 is 19.5 Å². The quantitative estimate of drug-likeness (QED) is 0.795. The summed E-state index contributed by atoms with van der Waals surface area (Å²) in [7, 11) is 0. The van der Waals surface area contributed by atoms with Crippen LogP contribution in [-0.4, -0.2) is 44.3 Å². The van der Waals surface area contributed by atoms with E-state index in [1.165, 1.54) is 29.2 Å². The van der Waals surface area contributed by atoms with E-state index in [1.807, 2.05) is 0 Å². The zero-order chi connectivity index (χ0) is 16.0. The fourth-order valence-corrected chi connectivity index (χ4v) is 3.75. The number of Topliss-reactive ketones (excluding diaryl/α,β-unsaturated/α-hetero) is 1. The molecule has 3 N–H and O–H groups in total. The van der Waals surface area contributed by atoms with E-state index in [9.17, 15) is 14.4 Å². The number of ketones is 1. The predicted molar refractivity (Wildman–Crippen MR) is 81.8 cm³/mol. The third-order valence-electron chi connectivity index (χ3n) is 3.69. The minimum atomic E-state index is -1.18. The summed E-state index contributed by atoms with van der Waals surface area (Å²) >= 11 is 1.12. The molecule has 4 rings (SSSR count).